The third kappa shape index (κ3) is 3.27. The summed E-state index contributed by atoms with van der Waals surface area (Å²) >= 11 is 0. The Bertz CT molecular complexity index is 808. The van der Waals surface area contributed by atoms with Crippen LogP contribution in [0, 0.1) is 0 Å². The first-order valence-corrected chi connectivity index (χ1v) is 9.00. The number of hydrogen-bond acceptors (Lipinski definition) is 2. The number of rotatable bonds is 4. The minimum Gasteiger partial charge on any atom is -0.492 e. The van der Waals surface area contributed by atoms with Gasteiger partial charge in [-0.1, -0.05) is 68.1 Å². The molecule has 1 fully saturated rings. The van der Waals surface area contributed by atoms with E-state index < -0.39 is 0 Å². The molecule has 25 heavy (non-hydrogen) atoms. The highest BCUT2D eigenvalue weighted by molar-refractivity contribution is 5.44. The van der Waals surface area contributed by atoms with Crippen LogP contribution >= 0.6 is 0 Å². The first-order valence-electron chi connectivity index (χ1n) is 9.00. The number of hydrogen-bond donors (Lipinski definition) is 0. The van der Waals surface area contributed by atoms with Crippen LogP contribution in [0.25, 0.3) is 0 Å². The fraction of sp³-hybridized carbons (Fsp3) is 0.304. The van der Waals surface area contributed by atoms with Crippen molar-refractivity contribution in [2.75, 3.05) is 19.7 Å². The van der Waals surface area contributed by atoms with Crippen molar-refractivity contribution in [1.82, 2.24) is 4.90 Å². The highest BCUT2D eigenvalue weighted by Gasteiger charge is 2.35. The van der Waals surface area contributed by atoms with Crippen molar-refractivity contribution in [2.45, 2.75) is 25.3 Å². The van der Waals surface area contributed by atoms with Gasteiger partial charge in [-0.05, 0) is 29.2 Å². The molecule has 2 nitrogen and oxygen atoms in total. The van der Waals surface area contributed by atoms with Crippen molar-refractivity contribution in [3.05, 3.63) is 89.5 Å². The molecule has 0 bridgehead atoms. The standard InChI is InChI=1S/C23H25NO/c1-18-14-24(15-19-8-4-3-5-9-19)16-20(18)12-13-23(2)17-25-22-11-7-6-10-21(22)23/h3-12H,1,13-17H2,2H3/b20-12-. The Morgan fingerprint density at radius 1 is 1.08 bits per heavy atom. The van der Waals surface area contributed by atoms with E-state index in [2.05, 4.69) is 73.0 Å². The summed E-state index contributed by atoms with van der Waals surface area (Å²) in [6, 6.07) is 19.1. The molecule has 0 saturated carbocycles. The van der Waals surface area contributed by atoms with Crippen molar-refractivity contribution < 1.29 is 4.74 Å². The molecule has 4 rings (SSSR count). The maximum Gasteiger partial charge on any atom is 0.123 e. The highest BCUT2D eigenvalue weighted by atomic mass is 16.5. The Hall–Kier alpha value is -2.32. The molecule has 0 spiro atoms. The van der Waals surface area contributed by atoms with Crippen LogP contribution in [0.5, 0.6) is 5.75 Å². The molecule has 0 aliphatic carbocycles. The lowest BCUT2D eigenvalue weighted by molar-refractivity contribution is 0.279. The third-order valence-electron chi connectivity index (χ3n) is 5.39. The van der Waals surface area contributed by atoms with Gasteiger partial charge in [0, 0.05) is 30.6 Å². The van der Waals surface area contributed by atoms with Crippen LogP contribution in [0.4, 0.5) is 0 Å². The van der Waals surface area contributed by atoms with Gasteiger partial charge in [0.05, 0.1) is 6.61 Å². The van der Waals surface area contributed by atoms with Gasteiger partial charge in [-0.15, -0.1) is 0 Å². The molecule has 1 atom stereocenters. The van der Waals surface area contributed by atoms with Gasteiger partial charge < -0.3 is 4.74 Å². The maximum absolute atomic E-state index is 5.89. The lowest BCUT2D eigenvalue weighted by Gasteiger charge is -2.21. The van der Waals surface area contributed by atoms with Crippen LogP contribution in [0.3, 0.4) is 0 Å². The van der Waals surface area contributed by atoms with Gasteiger partial charge >= 0.3 is 0 Å². The van der Waals surface area contributed by atoms with Gasteiger partial charge in [-0.2, -0.15) is 0 Å². The highest BCUT2D eigenvalue weighted by Crippen LogP contribution is 2.41. The number of para-hydroxylation sites is 1. The predicted octanol–water partition coefficient (Wildman–Crippen LogP) is 4.73. The summed E-state index contributed by atoms with van der Waals surface area (Å²) in [6.07, 6.45) is 3.39. The van der Waals surface area contributed by atoms with E-state index >= 15 is 0 Å². The zero-order valence-electron chi connectivity index (χ0n) is 14.9. The van der Waals surface area contributed by atoms with Crippen molar-refractivity contribution in [3.8, 4) is 5.75 Å². The van der Waals surface area contributed by atoms with Crippen molar-refractivity contribution >= 4 is 0 Å². The quantitative estimate of drug-likeness (QED) is 0.803. The fourth-order valence-corrected chi connectivity index (χ4v) is 3.87. The second-order valence-electron chi connectivity index (χ2n) is 7.51. The van der Waals surface area contributed by atoms with E-state index in [1.165, 1.54) is 22.3 Å². The molecule has 0 aromatic heterocycles. The molecule has 0 radical (unpaired) electrons. The van der Waals surface area contributed by atoms with Crippen LogP contribution < -0.4 is 4.74 Å². The smallest absolute Gasteiger partial charge is 0.123 e. The summed E-state index contributed by atoms with van der Waals surface area (Å²) < 4.78 is 5.89. The summed E-state index contributed by atoms with van der Waals surface area (Å²) in [5, 5.41) is 0. The fourth-order valence-electron chi connectivity index (χ4n) is 3.87. The molecule has 2 heteroatoms. The van der Waals surface area contributed by atoms with Gasteiger partial charge in [-0.25, -0.2) is 0 Å². The summed E-state index contributed by atoms with van der Waals surface area (Å²) in [5.41, 5.74) is 5.41. The van der Waals surface area contributed by atoms with E-state index in [9.17, 15) is 0 Å². The summed E-state index contributed by atoms with van der Waals surface area (Å²) in [7, 11) is 0. The normalized spacial score (nSPS) is 24.5. The predicted molar refractivity (Wildman–Crippen MR) is 103 cm³/mol. The molecule has 2 aliphatic heterocycles. The molecule has 1 unspecified atom stereocenters. The number of ether oxygens (including phenoxy) is 1. The van der Waals surface area contributed by atoms with Gasteiger partial charge in [0.1, 0.15) is 5.75 Å². The largest absolute Gasteiger partial charge is 0.492 e. The Morgan fingerprint density at radius 2 is 1.84 bits per heavy atom. The molecule has 0 amide bonds. The molecular formula is C23H25NO. The zero-order valence-corrected chi connectivity index (χ0v) is 14.9. The zero-order chi connectivity index (χ0) is 17.3. The van der Waals surface area contributed by atoms with Crippen molar-refractivity contribution in [1.29, 1.82) is 0 Å². The summed E-state index contributed by atoms with van der Waals surface area (Å²) in [5.74, 6) is 1.04. The average molecular weight is 331 g/mol. The number of nitrogens with zero attached hydrogens (tertiary/aromatic N) is 1. The van der Waals surface area contributed by atoms with Crippen molar-refractivity contribution in [2.24, 2.45) is 0 Å². The number of allylic oxidation sites excluding steroid dienone is 1. The second-order valence-corrected chi connectivity index (χ2v) is 7.51. The minimum atomic E-state index is 0.0662. The lowest BCUT2D eigenvalue weighted by Crippen LogP contribution is -2.23. The molecule has 2 heterocycles. The van der Waals surface area contributed by atoms with Gasteiger partial charge in [0.15, 0.2) is 0 Å². The minimum absolute atomic E-state index is 0.0662. The summed E-state index contributed by atoms with van der Waals surface area (Å²) in [4.78, 5) is 2.46. The third-order valence-corrected chi connectivity index (χ3v) is 5.39. The Kier molecular flexibility index (Phi) is 4.22. The van der Waals surface area contributed by atoms with Gasteiger partial charge in [0.2, 0.25) is 0 Å². The van der Waals surface area contributed by atoms with Gasteiger partial charge in [-0.3, -0.25) is 4.90 Å². The summed E-state index contributed by atoms with van der Waals surface area (Å²) in [6.45, 7) is 10.3. The van der Waals surface area contributed by atoms with Crippen molar-refractivity contribution in [3.63, 3.8) is 0 Å². The molecular weight excluding hydrogens is 306 g/mol. The number of likely N-dealkylation sites (tertiary alicyclic amines) is 1. The van der Waals surface area contributed by atoms with E-state index in [0.717, 1.165) is 38.4 Å². The lowest BCUT2D eigenvalue weighted by atomic mass is 9.81. The first kappa shape index (κ1) is 16.2. The van der Waals surface area contributed by atoms with E-state index in [1.54, 1.807) is 0 Å². The Balaban J connectivity index is 1.45. The SMILES string of the molecule is C=C1CN(Cc2ccccc2)C/C1=C/CC1(C)COc2ccccc21. The number of benzene rings is 2. The van der Waals surface area contributed by atoms with Crippen LogP contribution in [-0.2, 0) is 12.0 Å². The Labute approximate surface area is 150 Å². The molecule has 2 aromatic rings. The molecule has 0 N–H and O–H groups in total. The maximum atomic E-state index is 5.89. The monoisotopic (exact) mass is 331 g/mol. The van der Waals surface area contributed by atoms with E-state index in [0.29, 0.717) is 0 Å². The average Bonchev–Trinajstić information content (AvgIpc) is 3.15. The first-order chi connectivity index (χ1) is 12.1. The Morgan fingerprint density at radius 3 is 2.68 bits per heavy atom. The molecule has 2 aromatic carbocycles. The molecule has 128 valence electrons. The number of fused-ring (bicyclic) bond motifs is 1. The van der Waals surface area contributed by atoms with Crippen LogP contribution in [0.15, 0.2) is 78.4 Å². The second kappa shape index (κ2) is 6.53. The van der Waals surface area contributed by atoms with Crippen LogP contribution in [-0.4, -0.2) is 24.6 Å². The van der Waals surface area contributed by atoms with Gasteiger partial charge in [0.25, 0.3) is 0 Å². The molecule has 1 saturated heterocycles. The van der Waals surface area contributed by atoms with Crippen LogP contribution in [0.2, 0.25) is 0 Å². The van der Waals surface area contributed by atoms with E-state index in [4.69, 9.17) is 4.74 Å². The topological polar surface area (TPSA) is 12.5 Å². The van der Waals surface area contributed by atoms with E-state index in [1.807, 2.05) is 6.07 Å². The molecule has 2 aliphatic rings. The van der Waals surface area contributed by atoms with Crippen LogP contribution in [0.1, 0.15) is 24.5 Å². The van der Waals surface area contributed by atoms with E-state index in [-0.39, 0.29) is 5.41 Å².